The van der Waals surface area contributed by atoms with Crippen LogP contribution in [0.15, 0.2) is 12.1 Å². The second kappa shape index (κ2) is 7.48. The van der Waals surface area contributed by atoms with Crippen molar-refractivity contribution in [1.82, 2.24) is 4.90 Å². The fraction of sp³-hybridized carbons (Fsp3) is 0.615. The van der Waals surface area contributed by atoms with Crippen molar-refractivity contribution < 1.29 is 4.79 Å². The van der Waals surface area contributed by atoms with E-state index in [1.165, 1.54) is 4.88 Å². The van der Waals surface area contributed by atoms with Gasteiger partial charge in [0.15, 0.2) is 0 Å². The monoisotopic (exact) mass is 322 g/mol. The summed E-state index contributed by atoms with van der Waals surface area (Å²) in [5, 5.41) is 0. The van der Waals surface area contributed by atoms with Crippen molar-refractivity contribution >= 4 is 41.3 Å². The van der Waals surface area contributed by atoms with E-state index in [4.69, 9.17) is 17.3 Å². The summed E-state index contributed by atoms with van der Waals surface area (Å²) in [4.78, 5) is 15.3. The molecule has 0 radical (unpaired) electrons. The standard InChI is InChI=1S/C13H19ClN2OS.ClH/c1-9-6-10(7-15)8-16(9)13(17)5-3-11-2-4-12(14)18-11;/h2,4,9-10H,3,5-8,15H2,1H3;1H. The molecule has 1 fully saturated rings. The lowest BCUT2D eigenvalue weighted by Gasteiger charge is -2.21. The van der Waals surface area contributed by atoms with Crippen molar-refractivity contribution in [3.05, 3.63) is 21.3 Å². The number of hydrogen-bond acceptors (Lipinski definition) is 3. The molecule has 2 rings (SSSR count). The number of nitrogens with zero attached hydrogens (tertiary/aromatic N) is 1. The molecule has 1 aromatic heterocycles. The summed E-state index contributed by atoms with van der Waals surface area (Å²) in [6, 6.07) is 4.21. The summed E-state index contributed by atoms with van der Waals surface area (Å²) >= 11 is 7.43. The second-order valence-corrected chi connectivity index (χ2v) is 6.74. The van der Waals surface area contributed by atoms with Crippen LogP contribution in [0.4, 0.5) is 0 Å². The molecule has 2 atom stereocenters. The predicted octanol–water partition coefficient (Wildman–Crippen LogP) is 2.95. The Bertz CT molecular complexity index is 425. The molecule has 19 heavy (non-hydrogen) atoms. The van der Waals surface area contributed by atoms with Gasteiger partial charge < -0.3 is 10.6 Å². The summed E-state index contributed by atoms with van der Waals surface area (Å²) in [5.74, 6) is 0.711. The Morgan fingerprint density at radius 2 is 2.32 bits per heavy atom. The van der Waals surface area contributed by atoms with Gasteiger partial charge >= 0.3 is 0 Å². The molecule has 1 aliphatic rings. The van der Waals surface area contributed by atoms with Crippen molar-refractivity contribution in [1.29, 1.82) is 0 Å². The van der Waals surface area contributed by atoms with Crippen LogP contribution in [-0.2, 0) is 11.2 Å². The topological polar surface area (TPSA) is 46.3 Å². The lowest BCUT2D eigenvalue weighted by atomic mass is 10.1. The van der Waals surface area contributed by atoms with E-state index in [9.17, 15) is 4.79 Å². The number of carbonyl (C=O) groups excluding carboxylic acids is 1. The Hall–Kier alpha value is -0.290. The first kappa shape index (κ1) is 16.8. The normalized spacial score (nSPS) is 22.4. The van der Waals surface area contributed by atoms with Gasteiger partial charge in [-0.25, -0.2) is 0 Å². The summed E-state index contributed by atoms with van der Waals surface area (Å²) in [6.07, 6.45) is 2.39. The molecule has 1 saturated heterocycles. The number of rotatable bonds is 4. The molecule has 0 spiro atoms. The van der Waals surface area contributed by atoms with Crippen LogP contribution in [-0.4, -0.2) is 29.9 Å². The maximum absolute atomic E-state index is 12.2. The van der Waals surface area contributed by atoms with E-state index in [1.807, 2.05) is 17.0 Å². The molecule has 0 bridgehead atoms. The molecule has 0 aromatic carbocycles. The molecule has 2 N–H and O–H groups in total. The van der Waals surface area contributed by atoms with Crippen molar-refractivity contribution in [2.24, 2.45) is 11.7 Å². The van der Waals surface area contributed by atoms with Crippen LogP contribution in [0.25, 0.3) is 0 Å². The van der Waals surface area contributed by atoms with Crippen LogP contribution in [0.1, 0.15) is 24.6 Å². The van der Waals surface area contributed by atoms with E-state index in [2.05, 4.69) is 6.92 Å². The zero-order valence-corrected chi connectivity index (χ0v) is 13.4. The average molecular weight is 323 g/mol. The minimum atomic E-state index is 0. The highest BCUT2D eigenvalue weighted by molar-refractivity contribution is 7.16. The SMILES string of the molecule is CC1CC(CN)CN1C(=O)CCc1ccc(Cl)s1.Cl. The summed E-state index contributed by atoms with van der Waals surface area (Å²) < 4.78 is 0.787. The molecular formula is C13H20Cl2N2OS. The van der Waals surface area contributed by atoms with Crippen molar-refractivity contribution in [3.8, 4) is 0 Å². The van der Waals surface area contributed by atoms with E-state index < -0.39 is 0 Å². The largest absolute Gasteiger partial charge is 0.340 e. The fourth-order valence-corrected chi connectivity index (χ4v) is 3.61. The summed E-state index contributed by atoms with van der Waals surface area (Å²) in [6.45, 7) is 3.60. The van der Waals surface area contributed by atoms with Crippen LogP contribution >= 0.6 is 35.3 Å². The van der Waals surface area contributed by atoms with Crippen LogP contribution in [0, 0.1) is 5.92 Å². The maximum Gasteiger partial charge on any atom is 0.223 e. The molecule has 0 saturated carbocycles. The number of nitrogens with two attached hydrogens (primary N) is 1. The zero-order chi connectivity index (χ0) is 13.1. The van der Waals surface area contributed by atoms with Gasteiger partial charge in [-0.05, 0) is 44.4 Å². The van der Waals surface area contributed by atoms with Crippen molar-refractivity contribution in [3.63, 3.8) is 0 Å². The number of thiophene rings is 1. The first-order chi connectivity index (χ1) is 8.60. The zero-order valence-electron chi connectivity index (χ0n) is 11.0. The molecule has 0 aliphatic carbocycles. The highest BCUT2D eigenvalue weighted by atomic mass is 35.5. The Morgan fingerprint density at radius 3 is 2.84 bits per heavy atom. The minimum Gasteiger partial charge on any atom is -0.340 e. The van der Waals surface area contributed by atoms with Gasteiger partial charge in [0, 0.05) is 23.9 Å². The third kappa shape index (κ3) is 4.35. The van der Waals surface area contributed by atoms with Gasteiger partial charge in [0.2, 0.25) is 5.91 Å². The summed E-state index contributed by atoms with van der Waals surface area (Å²) in [7, 11) is 0. The van der Waals surface area contributed by atoms with E-state index >= 15 is 0 Å². The Kier molecular flexibility index (Phi) is 6.60. The highest BCUT2D eigenvalue weighted by Crippen LogP contribution is 2.25. The molecular weight excluding hydrogens is 303 g/mol. The Balaban J connectivity index is 0.00000180. The lowest BCUT2D eigenvalue weighted by Crippen LogP contribution is -2.34. The second-order valence-electron chi connectivity index (χ2n) is 4.94. The highest BCUT2D eigenvalue weighted by Gasteiger charge is 2.31. The van der Waals surface area contributed by atoms with Crippen molar-refractivity contribution in [2.45, 2.75) is 32.2 Å². The minimum absolute atomic E-state index is 0. The molecule has 108 valence electrons. The van der Waals surface area contributed by atoms with Crippen LogP contribution in [0.2, 0.25) is 4.34 Å². The molecule has 1 amide bonds. The number of likely N-dealkylation sites (tertiary alicyclic amines) is 1. The van der Waals surface area contributed by atoms with Gasteiger partial charge in [0.25, 0.3) is 0 Å². The van der Waals surface area contributed by atoms with E-state index in [0.29, 0.717) is 24.9 Å². The molecule has 2 unspecified atom stereocenters. The number of aryl methyl sites for hydroxylation is 1. The first-order valence-corrected chi connectivity index (χ1v) is 7.53. The smallest absolute Gasteiger partial charge is 0.223 e. The molecule has 3 nitrogen and oxygen atoms in total. The van der Waals surface area contributed by atoms with Crippen LogP contribution in [0.3, 0.4) is 0 Å². The summed E-state index contributed by atoms with van der Waals surface area (Å²) in [5.41, 5.74) is 5.68. The third-order valence-corrected chi connectivity index (χ3v) is 4.82. The van der Waals surface area contributed by atoms with Gasteiger partial charge in [-0.3, -0.25) is 4.79 Å². The van der Waals surface area contributed by atoms with Gasteiger partial charge in [-0.1, -0.05) is 11.6 Å². The molecule has 6 heteroatoms. The Morgan fingerprint density at radius 1 is 1.58 bits per heavy atom. The average Bonchev–Trinajstić information content (AvgIpc) is 2.92. The number of halogens is 2. The van der Waals surface area contributed by atoms with E-state index in [0.717, 1.165) is 23.7 Å². The van der Waals surface area contributed by atoms with Crippen molar-refractivity contribution in [2.75, 3.05) is 13.1 Å². The van der Waals surface area contributed by atoms with Crippen LogP contribution < -0.4 is 5.73 Å². The maximum atomic E-state index is 12.2. The lowest BCUT2D eigenvalue weighted by molar-refractivity contribution is -0.131. The van der Waals surface area contributed by atoms with E-state index in [-0.39, 0.29) is 18.3 Å². The van der Waals surface area contributed by atoms with Gasteiger partial charge in [-0.2, -0.15) is 0 Å². The number of hydrogen-bond donors (Lipinski definition) is 1. The Labute approximate surface area is 129 Å². The number of amides is 1. The molecule has 1 aromatic rings. The number of carbonyl (C=O) groups is 1. The van der Waals surface area contributed by atoms with E-state index in [1.54, 1.807) is 11.3 Å². The fourth-order valence-electron chi connectivity index (χ4n) is 2.52. The van der Waals surface area contributed by atoms with Crippen LogP contribution in [0.5, 0.6) is 0 Å². The van der Waals surface area contributed by atoms with Gasteiger partial charge in [0.05, 0.1) is 4.34 Å². The molecule has 2 heterocycles. The third-order valence-electron chi connectivity index (χ3n) is 3.53. The first-order valence-electron chi connectivity index (χ1n) is 6.34. The van der Waals surface area contributed by atoms with Gasteiger partial charge in [-0.15, -0.1) is 23.7 Å². The predicted molar refractivity (Wildman–Crippen MR) is 83.2 cm³/mol. The quantitative estimate of drug-likeness (QED) is 0.926. The van der Waals surface area contributed by atoms with Gasteiger partial charge in [0.1, 0.15) is 0 Å². The molecule has 1 aliphatic heterocycles.